The molecular formula is C55H64O6P2. The summed E-state index contributed by atoms with van der Waals surface area (Å²) in [5, 5.41) is 1.93. The van der Waals surface area contributed by atoms with Gasteiger partial charge < -0.3 is 26.5 Å². The lowest BCUT2D eigenvalue weighted by atomic mass is 9.73. The molecule has 0 saturated carbocycles. The van der Waals surface area contributed by atoms with Crippen molar-refractivity contribution in [1.82, 2.24) is 0 Å². The molecule has 0 radical (unpaired) electrons. The number of rotatable bonds is 17. The Morgan fingerprint density at radius 2 is 0.984 bits per heavy atom. The first-order valence-electron chi connectivity index (χ1n) is 22.5. The molecule has 6 nitrogen and oxygen atoms in total. The number of hydrogen-bond acceptors (Lipinski definition) is 6. The van der Waals surface area contributed by atoms with Gasteiger partial charge >= 0.3 is 16.8 Å². The average Bonchev–Trinajstić information content (AvgIpc) is 3.45. The molecule has 6 aromatic carbocycles. The third kappa shape index (κ3) is 10.1. The fraction of sp³-hybridized carbons (Fsp3) is 0.345. The van der Waals surface area contributed by atoms with Gasteiger partial charge in [0.1, 0.15) is 34.2 Å². The lowest BCUT2D eigenvalue weighted by molar-refractivity contribution is 0.379. The maximum absolute atomic E-state index is 7.38. The number of benzene rings is 6. The van der Waals surface area contributed by atoms with Gasteiger partial charge in [0.15, 0.2) is 0 Å². The lowest BCUT2D eigenvalue weighted by Gasteiger charge is -2.34. The molecule has 7 aromatic rings. The summed E-state index contributed by atoms with van der Waals surface area (Å²) in [6.07, 6.45) is 3.65. The van der Waals surface area contributed by atoms with Gasteiger partial charge in [-0.15, -0.1) is 0 Å². The molecule has 0 saturated heterocycles. The summed E-state index contributed by atoms with van der Waals surface area (Å²) in [4.78, 5) is 0. The molecule has 1 heterocycles. The van der Waals surface area contributed by atoms with Crippen LogP contribution >= 0.6 is 16.8 Å². The molecule has 0 fully saturated rings. The van der Waals surface area contributed by atoms with Gasteiger partial charge in [-0.25, -0.2) is 0 Å². The van der Waals surface area contributed by atoms with Gasteiger partial charge in [-0.3, -0.25) is 0 Å². The van der Waals surface area contributed by atoms with Crippen LogP contribution in [0.4, 0.5) is 0 Å². The van der Waals surface area contributed by atoms with E-state index in [1.54, 1.807) is 0 Å². The van der Waals surface area contributed by atoms with Crippen molar-refractivity contribution in [2.75, 3.05) is 0 Å². The highest BCUT2D eigenvalue weighted by Crippen LogP contribution is 2.55. The summed E-state index contributed by atoms with van der Waals surface area (Å²) >= 11 is 0. The zero-order valence-electron chi connectivity index (χ0n) is 39.0. The average molecular weight is 883 g/mol. The van der Waals surface area contributed by atoms with Crippen molar-refractivity contribution in [3.8, 4) is 34.1 Å². The molecular weight excluding hydrogens is 819 g/mol. The normalized spacial score (nSPS) is 12.7. The van der Waals surface area contributed by atoms with Crippen molar-refractivity contribution in [1.29, 1.82) is 0 Å². The van der Waals surface area contributed by atoms with Crippen molar-refractivity contribution < 1.29 is 26.5 Å². The Morgan fingerprint density at radius 1 is 0.524 bits per heavy atom. The van der Waals surface area contributed by atoms with E-state index in [4.69, 9.17) is 26.5 Å². The summed E-state index contributed by atoms with van der Waals surface area (Å²) in [7, 11) is -4.03. The number of fused-ring (bicyclic) bond motifs is 3. The van der Waals surface area contributed by atoms with Crippen molar-refractivity contribution in [2.24, 2.45) is 0 Å². The molecule has 0 aliphatic heterocycles. The highest BCUT2D eigenvalue weighted by Gasteiger charge is 2.36. The fourth-order valence-corrected chi connectivity index (χ4v) is 9.61. The highest BCUT2D eigenvalue weighted by molar-refractivity contribution is 7.43. The van der Waals surface area contributed by atoms with Crippen molar-refractivity contribution >= 4 is 38.8 Å². The van der Waals surface area contributed by atoms with Gasteiger partial charge in [0.25, 0.3) is 0 Å². The van der Waals surface area contributed by atoms with Crippen LogP contribution < -0.4 is 18.1 Å². The molecule has 8 heteroatoms. The molecule has 7 rings (SSSR count). The Balaban J connectivity index is 1.59. The number of hydrogen-bond donors (Lipinski definition) is 0. The van der Waals surface area contributed by atoms with Gasteiger partial charge in [-0.1, -0.05) is 161 Å². The fourth-order valence-electron chi connectivity index (χ4n) is 7.47. The predicted octanol–water partition coefficient (Wildman–Crippen LogP) is 18.1. The van der Waals surface area contributed by atoms with Gasteiger partial charge in [-0.05, 0) is 108 Å². The van der Waals surface area contributed by atoms with Crippen molar-refractivity contribution in [3.63, 3.8) is 0 Å². The maximum atomic E-state index is 7.38. The molecule has 0 bridgehead atoms. The van der Waals surface area contributed by atoms with E-state index in [1.165, 1.54) is 11.1 Å². The first-order chi connectivity index (χ1) is 30.2. The van der Waals surface area contributed by atoms with Crippen molar-refractivity contribution in [2.45, 2.75) is 124 Å². The van der Waals surface area contributed by atoms with E-state index in [1.807, 2.05) is 97.1 Å². The van der Waals surface area contributed by atoms with E-state index in [0.717, 1.165) is 58.7 Å². The van der Waals surface area contributed by atoms with E-state index in [0.29, 0.717) is 34.2 Å². The van der Waals surface area contributed by atoms with Gasteiger partial charge in [-0.2, -0.15) is 0 Å². The second kappa shape index (κ2) is 19.3. The van der Waals surface area contributed by atoms with Crippen LogP contribution in [-0.4, -0.2) is 0 Å². The van der Waals surface area contributed by atoms with Crippen LogP contribution in [0.25, 0.3) is 33.1 Å². The zero-order valence-corrected chi connectivity index (χ0v) is 40.7. The molecule has 63 heavy (non-hydrogen) atoms. The second-order valence-corrected chi connectivity index (χ2v) is 20.5. The van der Waals surface area contributed by atoms with Gasteiger partial charge in [0.2, 0.25) is 0 Å². The van der Waals surface area contributed by atoms with Crippen LogP contribution in [0.5, 0.6) is 23.0 Å². The highest BCUT2D eigenvalue weighted by atomic mass is 31.2. The van der Waals surface area contributed by atoms with Crippen LogP contribution in [0.15, 0.2) is 142 Å². The number of para-hydroxylation sites is 4. The third-order valence-corrected chi connectivity index (χ3v) is 15.2. The molecule has 0 spiro atoms. The molecule has 1 atom stereocenters. The Kier molecular flexibility index (Phi) is 14.1. The van der Waals surface area contributed by atoms with E-state index >= 15 is 0 Å². The summed E-state index contributed by atoms with van der Waals surface area (Å²) in [6.45, 7) is 25.1. The van der Waals surface area contributed by atoms with Crippen LogP contribution in [0.3, 0.4) is 0 Å². The van der Waals surface area contributed by atoms with Gasteiger partial charge in [0.05, 0.1) is 0 Å². The standard InChI is InChI=1S/C55H64O6P2/c1-12-38(5)39-34-45(51(47(35-39)54(8,9)14-3)61-63-58-49-32-24-22-30-43(49)44-31-23-25-33-50(44)59-63)46-36-40(53(6,7)13-2)37-48(55(10,11)15-4)52(46)60-62(56-41-26-18-16-19-27-41)57-42-28-20-17-21-29-42/h16-38H,12-15H2,1-11H3. The molecule has 0 amide bonds. The second-order valence-electron chi connectivity index (χ2n) is 18.5. The van der Waals surface area contributed by atoms with Crippen LogP contribution in [0.1, 0.15) is 130 Å². The van der Waals surface area contributed by atoms with E-state index in [-0.39, 0.29) is 22.2 Å². The first-order valence-corrected chi connectivity index (χ1v) is 24.7. The maximum Gasteiger partial charge on any atom is 0.530 e. The Bertz CT molecular complexity index is 2590. The topological polar surface area (TPSA) is 63.2 Å². The largest absolute Gasteiger partial charge is 0.530 e. The summed E-state index contributed by atoms with van der Waals surface area (Å²) in [5.41, 5.74) is 7.09. The van der Waals surface area contributed by atoms with Crippen LogP contribution in [0, 0.1) is 0 Å². The zero-order chi connectivity index (χ0) is 44.9. The van der Waals surface area contributed by atoms with Crippen LogP contribution in [0.2, 0.25) is 0 Å². The minimum Gasteiger partial charge on any atom is -0.409 e. The predicted molar refractivity (Wildman–Crippen MR) is 265 cm³/mol. The summed E-state index contributed by atoms with van der Waals surface area (Å²) < 4.78 is 41.8. The Labute approximate surface area is 377 Å². The van der Waals surface area contributed by atoms with Gasteiger partial charge in [0, 0.05) is 33.0 Å². The SMILES string of the molecule is CCC(C)c1cc(-c2cc(C(C)(C)CC)cc(C(C)(C)CC)c2OP(Oc2ccccc2)Oc2ccccc2)c(Op2oc3ccccc3c3ccccc3o2)c(C(C)(C)CC)c1. The monoisotopic (exact) mass is 882 g/mol. The molecule has 1 unspecified atom stereocenters. The lowest BCUT2D eigenvalue weighted by Crippen LogP contribution is -2.22. The minimum atomic E-state index is -2.04. The molecule has 330 valence electrons. The quantitative estimate of drug-likeness (QED) is 0.0849. The Hall–Kier alpha value is -5.15. The van der Waals surface area contributed by atoms with Crippen molar-refractivity contribution in [3.05, 3.63) is 156 Å². The molecule has 0 N–H and O–H groups in total. The molecule has 0 aliphatic rings. The van der Waals surface area contributed by atoms with E-state index in [2.05, 4.69) is 113 Å². The summed E-state index contributed by atoms with van der Waals surface area (Å²) in [5.74, 6) is 2.99. The molecule has 1 aromatic heterocycles. The minimum absolute atomic E-state index is 0.163. The van der Waals surface area contributed by atoms with E-state index < -0.39 is 16.8 Å². The Morgan fingerprint density at radius 3 is 1.48 bits per heavy atom. The summed E-state index contributed by atoms with van der Waals surface area (Å²) in [6, 6.07) is 45.1. The smallest absolute Gasteiger partial charge is 0.409 e. The molecule has 0 aliphatic carbocycles. The van der Waals surface area contributed by atoms with E-state index in [9.17, 15) is 0 Å². The van der Waals surface area contributed by atoms with Crippen LogP contribution in [-0.2, 0) is 16.2 Å². The third-order valence-electron chi connectivity index (χ3n) is 13.2. The first kappa shape index (κ1) is 45.9.